The second-order valence-corrected chi connectivity index (χ2v) is 6.49. The van der Waals surface area contributed by atoms with Gasteiger partial charge in [-0.3, -0.25) is 4.90 Å². The maximum absolute atomic E-state index is 12.5. The van der Waals surface area contributed by atoms with Crippen LogP contribution < -0.4 is 4.90 Å². The molecule has 4 nitrogen and oxygen atoms in total. The maximum Gasteiger partial charge on any atom is 0.390 e. The van der Waals surface area contributed by atoms with E-state index >= 15 is 0 Å². The number of aliphatic hydroxyl groups excluding tert-OH is 1. The summed E-state index contributed by atoms with van der Waals surface area (Å²) >= 11 is 1.52. The number of alkyl halides is 3. The van der Waals surface area contributed by atoms with Crippen LogP contribution in [0.5, 0.6) is 0 Å². The number of rotatable bonds is 6. The molecule has 1 N–H and O–H groups in total. The summed E-state index contributed by atoms with van der Waals surface area (Å²) in [5, 5.41) is 10.5. The molecule has 0 radical (unpaired) electrons. The first kappa shape index (κ1) is 17.5. The quantitative estimate of drug-likeness (QED) is 0.865. The molecule has 126 valence electrons. The van der Waals surface area contributed by atoms with Crippen LogP contribution in [-0.2, 0) is 17.9 Å². The van der Waals surface area contributed by atoms with E-state index in [4.69, 9.17) is 4.74 Å². The highest BCUT2D eigenvalue weighted by Crippen LogP contribution is 2.39. The van der Waals surface area contributed by atoms with Crippen LogP contribution in [0.25, 0.3) is 0 Å². The third-order valence-corrected chi connectivity index (χ3v) is 5.19. The molecule has 1 aliphatic heterocycles. The minimum absolute atomic E-state index is 0.0177. The summed E-state index contributed by atoms with van der Waals surface area (Å²) in [6.45, 7) is 3.95. The zero-order valence-electron chi connectivity index (χ0n) is 12.7. The van der Waals surface area contributed by atoms with Gasteiger partial charge >= 0.3 is 6.18 Å². The first-order valence-electron chi connectivity index (χ1n) is 7.10. The van der Waals surface area contributed by atoms with Gasteiger partial charge in [0.05, 0.1) is 31.3 Å². The lowest BCUT2D eigenvalue weighted by atomic mass is 10.1. The average Bonchev–Trinajstić information content (AvgIpc) is 2.79. The predicted molar refractivity (Wildman–Crippen MR) is 80.1 cm³/mol. The summed E-state index contributed by atoms with van der Waals surface area (Å²) in [5.41, 5.74) is 2.01. The molecule has 1 aromatic heterocycles. The molecule has 0 saturated heterocycles. The van der Waals surface area contributed by atoms with E-state index in [0.717, 1.165) is 21.0 Å². The summed E-state index contributed by atoms with van der Waals surface area (Å²) < 4.78 is 42.4. The van der Waals surface area contributed by atoms with Crippen LogP contribution in [0.1, 0.15) is 22.4 Å². The Morgan fingerprint density at radius 2 is 2.05 bits per heavy atom. The van der Waals surface area contributed by atoms with E-state index in [2.05, 4.69) is 0 Å². The van der Waals surface area contributed by atoms with Crippen molar-refractivity contribution >= 4 is 16.3 Å². The Bertz CT molecular complexity index is 505. The molecular weight excluding hydrogens is 317 g/mol. The zero-order chi connectivity index (χ0) is 16.3. The Morgan fingerprint density at radius 3 is 2.64 bits per heavy atom. The molecule has 0 atom stereocenters. The van der Waals surface area contributed by atoms with E-state index in [1.807, 2.05) is 11.8 Å². The van der Waals surface area contributed by atoms with Gasteiger partial charge in [0, 0.05) is 37.2 Å². The number of thiophene rings is 1. The average molecular weight is 338 g/mol. The third kappa shape index (κ3) is 4.13. The Hall–Kier alpha value is -0.830. The molecule has 22 heavy (non-hydrogen) atoms. The van der Waals surface area contributed by atoms with Crippen molar-refractivity contribution in [1.29, 1.82) is 0 Å². The summed E-state index contributed by atoms with van der Waals surface area (Å²) in [5.74, 6) is 0. The van der Waals surface area contributed by atoms with Gasteiger partial charge in [-0.15, -0.1) is 11.3 Å². The van der Waals surface area contributed by atoms with Crippen molar-refractivity contribution in [3.63, 3.8) is 0 Å². The van der Waals surface area contributed by atoms with Crippen molar-refractivity contribution in [1.82, 2.24) is 4.90 Å². The number of halogens is 3. The monoisotopic (exact) mass is 338 g/mol. The summed E-state index contributed by atoms with van der Waals surface area (Å²) in [4.78, 5) is 4.71. The highest BCUT2D eigenvalue weighted by atomic mass is 32.1. The van der Waals surface area contributed by atoms with Gasteiger partial charge in [-0.1, -0.05) is 0 Å². The second-order valence-electron chi connectivity index (χ2n) is 5.41. The number of ether oxygens (including phenoxy) is 1. The van der Waals surface area contributed by atoms with Crippen molar-refractivity contribution in [3.8, 4) is 0 Å². The Balaban J connectivity index is 2.17. The Morgan fingerprint density at radius 1 is 1.32 bits per heavy atom. The lowest BCUT2D eigenvalue weighted by Gasteiger charge is -2.37. The van der Waals surface area contributed by atoms with Crippen LogP contribution in [0.3, 0.4) is 0 Å². The van der Waals surface area contributed by atoms with Crippen LogP contribution >= 0.6 is 11.3 Å². The van der Waals surface area contributed by atoms with Gasteiger partial charge in [0.2, 0.25) is 0 Å². The molecule has 0 aromatic carbocycles. The Kier molecular flexibility index (Phi) is 5.70. The SMILES string of the molecule is COCCN1CN(CCC(F)(F)F)Cc2c1sc(CO)c2C. The van der Waals surface area contributed by atoms with E-state index < -0.39 is 12.6 Å². The van der Waals surface area contributed by atoms with Crippen LogP contribution in [0.2, 0.25) is 0 Å². The fraction of sp³-hybridized carbons (Fsp3) is 0.714. The van der Waals surface area contributed by atoms with E-state index in [0.29, 0.717) is 26.4 Å². The smallest absolute Gasteiger partial charge is 0.390 e. The highest BCUT2D eigenvalue weighted by Gasteiger charge is 2.31. The number of anilines is 1. The van der Waals surface area contributed by atoms with E-state index in [9.17, 15) is 18.3 Å². The zero-order valence-corrected chi connectivity index (χ0v) is 13.6. The molecular formula is C14H21F3N2O2S. The summed E-state index contributed by atoms with van der Waals surface area (Å²) in [6, 6.07) is 0. The van der Waals surface area contributed by atoms with Gasteiger partial charge in [0.15, 0.2) is 0 Å². The minimum Gasteiger partial charge on any atom is -0.391 e. The van der Waals surface area contributed by atoms with E-state index in [1.165, 1.54) is 11.3 Å². The van der Waals surface area contributed by atoms with Gasteiger partial charge in [0.1, 0.15) is 0 Å². The molecule has 8 heteroatoms. The normalized spacial score (nSPS) is 16.2. The van der Waals surface area contributed by atoms with Crippen molar-refractivity contribution in [3.05, 3.63) is 16.0 Å². The van der Waals surface area contributed by atoms with Crippen molar-refractivity contribution in [2.24, 2.45) is 0 Å². The van der Waals surface area contributed by atoms with Crippen LogP contribution in [-0.4, -0.2) is 49.7 Å². The number of fused-ring (bicyclic) bond motifs is 1. The molecule has 0 unspecified atom stereocenters. The van der Waals surface area contributed by atoms with Gasteiger partial charge in [0.25, 0.3) is 0 Å². The molecule has 0 saturated carbocycles. The van der Waals surface area contributed by atoms with Crippen LogP contribution in [0, 0.1) is 6.92 Å². The summed E-state index contributed by atoms with van der Waals surface area (Å²) in [6.07, 6.45) is -4.95. The van der Waals surface area contributed by atoms with Gasteiger partial charge < -0.3 is 14.7 Å². The number of methoxy groups -OCH3 is 1. The molecule has 0 bridgehead atoms. The molecule has 0 spiro atoms. The van der Waals surface area contributed by atoms with Gasteiger partial charge in [-0.25, -0.2) is 0 Å². The number of hydrogen-bond acceptors (Lipinski definition) is 5. The van der Waals surface area contributed by atoms with Gasteiger partial charge in [-0.05, 0) is 12.5 Å². The van der Waals surface area contributed by atoms with Crippen molar-refractivity contribution in [2.45, 2.75) is 32.7 Å². The van der Waals surface area contributed by atoms with E-state index in [1.54, 1.807) is 12.0 Å². The largest absolute Gasteiger partial charge is 0.391 e. The standard InChI is InChI=1S/C14H21F3N2O2S/c1-10-11-7-18(4-3-14(15,16)17)9-19(5-6-21-2)13(11)22-12(10)8-20/h20H,3-9H2,1-2H3. The van der Waals surface area contributed by atoms with Crippen LogP contribution in [0.15, 0.2) is 0 Å². The molecule has 0 aliphatic carbocycles. The number of nitrogens with zero attached hydrogens (tertiary/aromatic N) is 2. The maximum atomic E-state index is 12.5. The fourth-order valence-electron chi connectivity index (χ4n) is 2.56. The van der Waals surface area contributed by atoms with Crippen molar-refractivity contribution < 1.29 is 23.0 Å². The van der Waals surface area contributed by atoms with Gasteiger partial charge in [-0.2, -0.15) is 13.2 Å². The molecule has 0 amide bonds. The number of aliphatic hydroxyl groups is 1. The molecule has 2 heterocycles. The predicted octanol–water partition coefficient (Wildman–Crippen LogP) is 2.73. The topological polar surface area (TPSA) is 35.9 Å². The number of hydrogen-bond donors (Lipinski definition) is 1. The van der Waals surface area contributed by atoms with E-state index in [-0.39, 0.29) is 13.2 Å². The Labute approximate surface area is 132 Å². The fourth-order valence-corrected chi connectivity index (χ4v) is 3.76. The lowest BCUT2D eigenvalue weighted by Crippen LogP contribution is -2.44. The molecule has 0 fully saturated rings. The molecule has 2 rings (SSSR count). The lowest BCUT2D eigenvalue weighted by molar-refractivity contribution is -0.138. The highest BCUT2D eigenvalue weighted by molar-refractivity contribution is 7.16. The van der Waals surface area contributed by atoms with Crippen molar-refractivity contribution in [2.75, 3.05) is 38.4 Å². The first-order chi connectivity index (χ1) is 10.4. The molecule has 1 aliphatic rings. The van der Waals surface area contributed by atoms with Crippen LogP contribution in [0.4, 0.5) is 18.2 Å². The summed E-state index contributed by atoms with van der Waals surface area (Å²) in [7, 11) is 1.60. The first-order valence-corrected chi connectivity index (χ1v) is 7.92. The minimum atomic E-state index is -4.14. The second kappa shape index (κ2) is 7.16. The third-order valence-electron chi connectivity index (χ3n) is 3.81. The molecule has 1 aromatic rings.